The molecule has 2 rings (SSSR count). The Bertz CT molecular complexity index is 644. The molecule has 0 spiro atoms. The Morgan fingerprint density at radius 2 is 2.04 bits per heavy atom. The standard InChI is InChI=1S/C18H22N2O3/c1-3-22-17-13-15(9-11-19-17)18(21)20-10-6-12-23-16-8-5-4-7-14(16)2/h4-5,7-9,11,13H,3,6,10,12H2,1-2H3,(H,20,21). The molecular weight excluding hydrogens is 292 g/mol. The highest BCUT2D eigenvalue weighted by atomic mass is 16.5. The highest BCUT2D eigenvalue weighted by molar-refractivity contribution is 5.94. The normalized spacial score (nSPS) is 10.2. The van der Waals surface area contributed by atoms with E-state index in [1.54, 1.807) is 18.3 Å². The Kier molecular flexibility index (Phi) is 6.41. The molecule has 0 saturated heterocycles. The quantitative estimate of drug-likeness (QED) is 0.761. The molecule has 2 aromatic rings. The summed E-state index contributed by atoms with van der Waals surface area (Å²) in [5, 5.41) is 2.87. The van der Waals surface area contributed by atoms with Gasteiger partial charge in [-0.1, -0.05) is 18.2 Å². The fourth-order valence-electron chi connectivity index (χ4n) is 2.05. The number of amides is 1. The highest BCUT2D eigenvalue weighted by Crippen LogP contribution is 2.16. The SMILES string of the molecule is CCOc1cc(C(=O)NCCCOc2ccccc2C)ccn1. The van der Waals surface area contributed by atoms with Gasteiger partial charge < -0.3 is 14.8 Å². The van der Waals surface area contributed by atoms with E-state index in [1.165, 1.54) is 0 Å². The van der Waals surface area contributed by atoms with Gasteiger partial charge in [0.15, 0.2) is 0 Å². The number of para-hydroxylation sites is 1. The topological polar surface area (TPSA) is 60.5 Å². The van der Waals surface area contributed by atoms with E-state index in [0.29, 0.717) is 31.2 Å². The number of aryl methyl sites for hydroxylation is 1. The summed E-state index contributed by atoms with van der Waals surface area (Å²) in [4.78, 5) is 16.1. The van der Waals surface area contributed by atoms with Crippen molar-refractivity contribution in [2.75, 3.05) is 19.8 Å². The molecule has 122 valence electrons. The average molecular weight is 314 g/mol. The van der Waals surface area contributed by atoms with E-state index in [0.717, 1.165) is 17.7 Å². The summed E-state index contributed by atoms with van der Waals surface area (Å²) < 4.78 is 11.0. The lowest BCUT2D eigenvalue weighted by molar-refractivity contribution is 0.0951. The van der Waals surface area contributed by atoms with E-state index in [4.69, 9.17) is 9.47 Å². The van der Waals surface area contributed by atoms with Crippen LogP contribution >= 0.6 is 0 Å². The monoisotopic (exact) mass is 314 g/mol. The van der Waals surface area contributed by atoms with Gasteiger partial charge in [0.25, 0.3) is 5.91 Å². The van der Waals surface area contributed by atoms with Crippen LogP contribution in [-0.4, -0.2) is 30.6 Å². The summed E-state index contributed by atoms with van der Waals surface area (Å²) in [6, 6.07) is 11.2. The first kappa shape index (κ1) is 16.8. The molecule has 0 saturated carbocycles. The molecule has 5 heteroatoms. The zero-order chi connectivity index (χ0) is 16.5. The molecule has 1 aromatic heterocycles. The lowest BCUT2D eigenvalue weighted by Gasteiger charge is -2.09. The molecule has 0 radical (unpaired) electrons. The Morgan fingerprint density at radius 1 is 1.22 bits per heavy atom. The van der Waals surface area contributed by atoms with E-state index < -0.39 is 0 Å². The van der Waals surface area contributed by atoms with Gasteiger partial charge in [0, 0.05) is 24.4 Å². The van der Waals surface area contributed by atoms with Gasteiger partial charge in [0.05, 0.1) is 13.2 Å². The van der Waals surface area contributed by atoms with Crippen LogP contribution in [-0.2, 0) is 0 Å². The maximum atomic E-state index is 12.1. The van der Waals surface area contributed by atoms with Crippen LogP contribution < -0.4 is 14.8 Å². The van der Waals surface area contributed by atoms with Crippen molar-refractivity contribution in [3.05, 3.63) is 53.7 Å². The van der Waals surface area contributed by atoms with Crippen LogP contribution in [0.5, 0.6) is 11.6 Å². The second-order valence-corrected chi connectivity index (χ2v) is 5.04. The summed E-state index contributed by atoms with van der Waals surface area (Å²) in [5.41, 5.74) is 1.65. The second-order valence-electron chi connectivity index (χ2n) is 5.04. The van der Waals surface area contributed by atoms with Crippen molar-refractivity contribution in [2.24, 2.45) is 0 Å². The van der Waals surface area contributed by atoms with Gasteiger partial charge in [-0.2, -0.15) is 0 Å². The zero-order valence-electron chi connectivity index (χ0n) is 13.5. The Morgan fingerprint density at radius 3 is 2.83 bits per heavy atom. The molecule has 0 unspecified atom stereocenters. The number of nitrogens with one attached hydrogen (secondary N) is 1. The third-order valence-corrected chi connectivity index (χ3v) is 3.25. The number of hydrogen-bond donors (Lipinski definition) is 1. The molecule has 0 aliphatic rings. The minimum atomic E-state index is -0.135. The molecule has 5 nitrogen and oxygen atoms in total. The van der Waals surface area contributed by atoms with Crippen LogP contribution in [0.25, 0.3) is 0 Å². The molecule has 0 fully saturated rings. The van der Waals surface area contributed by atoms with E-state index >= 15 is 0 Å². The smallest absolute Gasteiger partial charge is 0.251 e. The first-order valence-electron chi connectivity index (χ1n) is 7.76. The molecule has 1 aromatic carbocycles. The lowest BCUT2D eigenvalue weighted by atomic mass is 10.2. The van der Waals surface area contributed by atoms with E-state index in [1.807, 2.05) is 38.1 Å². The van der Waals surface area contributed by atoms with Gasteiger partial charge in [0.2, 0.25) is 5.88 Å². The summed E-state index contributed by atoms with van der Waals surface area (Å²) >= 11 is 0. The van der Waals surface area contributed by atoms with E-state index in [2.05, 4.69) is 10.3 Å². The van der Waals surface area contributed by atoms with Gasteiger partial charge in [-0.05, 0) is 38.0 Å². The van der Waals surface area contributed by atoms with Crippen molar-refractivity contribution in [3.63, 3.8) is 0 Å². The number of aromatic nitrogens is 1. The summed E-state index contributed by atoms with van der Waals surface area (Å²) in [5.74, 6) is 1.21. The van der Waals surface area contributed by atoms with Gasteiger partial charge >= 0.3 is 0 Å². The van der Waals surface area contributed by atoms with Gasteiger partial charge in [-0.3, -0.25) is 4.79 Å². The maximum Gasteiger partial charge on any atom is 0.251 e. The van der Waals surface area contributed by atoms with Crippen LogP contribution in [0.15, 0.2) is 42.6 Å². The van der Waals surface area contributed by atoms with Gasteiger partial charge in [-0.15, -0.1) is 0 Å². The predicted molar refractivity (Wildman–Crippen MR) is 89.0 cm³/mol. The first-order valence-corrected chi connectivity index (χ1v) is 7.76. The maximum absolute atomic E-state index is 12.1. The molecule has 0 atom stereocenters. The number of benzene rings is 1. The van der Waals surface area contributed by atoms with Crippen LogP contribution in [0.4, 0.5) is 0 Å². The van der Waals surface area contributed by atoms with Crippen molar-refractivity contribution in [3.8, 4) is 11.6 Å². The number of carbonyl (C=O) groups excluding carboxylic acids is 1. The fourth-order valence-corrected chi connectivity index (χ4v) is 2.05. The van der Waals surface area contributed by atoms with Crippen molar-refractivity contribution >= 4 is 5.91 Å². The molecule has 0 aliphatic carbocycles. The number of rotatable bonds is 8. The number of pyridine rings is 1. The van der Waals surface area contributed by atoms with E-state index in [-0.39, 0.29) is 5.91 Å². The average Bonchev–Trinajstić information content (AvgIpc) is 2.56. The molecule has 1 amide bonds. The largest absolute Gasteiger partial charge is 0.493 e. The van der Waals surface area contributed by atoms with Gasteiger partial charge in [-0.25, -0.2) is 4.98 Å². The zero-order valence-corrected chi connectivity index (χ0v) is 13.5. The number of ether oxygens (including phenoxy) is 2. The molecule has 0 aliphatic heterocycles. The molecule has 23 heavy (non-hydrogen) atoms. The number of carbonyl (C=O) groups is 1. The molecule has 1 N–H and O–H groups in total. The van der Waals surface area contributed by atoms with Crippen LogP contribution in [0, 0.1) is 6.92 Å². The highest BCUT2D eigenvalue weighted by Gasteiger charge is 2.07. The Hall–Kier alpha value is -2.56. The molecular formula is C18H22N2O3. The van der Waals surface area contributed by atoms with Gasteiger partial charge in [0.1, 0.15) is 5.75 Å². The van der Waals surface area contributed by atoms with Crippen LogP contribution in [0.1, 0.15) is 29.3 Å². The second kappa shape index (κ2) is 8.78. The number of nitrogens with zero attached hydrogens (tertiary/aromatic N) is 1. The minimum Gasteiger partial charge on any atom is -0.493 e. The van der Waals surface area contributed by atoms with E-state index in [9.17, 15) is 4.79 Å². The number of hydrogen-bond acceptors (Lipinski definition) is 4. The molecule has 1 heterocycles. The summed E-state index contributed by atoms with van der Waals surface area (Å²) in [6.07, 6.45) is 2.31. The van der Waals surface area contributed by atoms with Crippen molar-refractivity contribution < 1.29 is 14.3 Å². The Balaban J connectivity index is 1.72. The summed E-state index contributed by atoms with van der Waals surface area (Å²) in [6.45, 7) is 5.52. The third-order valence-electron chi connectivity index (χ3n) is 3.25. The summed E-state index contributed by atoms with van der Waals surface area (Å²) in [7, 11) is 0. The lowest BCUT2D eigenvalue weighted by Crippen LogP contribution is -2.25. The van der Waals surface area contributed by atoms with Crippen molar-refractivity contribution in [2.45, 2.75) is 20.3 Å². The van der Waals surface area contributed by atoms with Crippen LogP contribution in [0.2, 0.25) is 0 Å². The fraction of sp³-hybridized carbons (Fsp3) is 0.333. The van der Waals surface area contributed by atoms with Crippen LogP contribution in [0.3, 0.4) is 0 Å². The molecule has 0 bridgehead atoms. The Labute approximate surface area is 136 Å². The predicted octanol–water partition coefficient (Wildman–Crippen LogP) is 2.99. The third kappa shape index (κ3) is 5.29. The first-order chi connectivity index (χ1) is 11.2. The minimum absolute atomic E-state index is 0.135. The van der Waals surface area contributed by atoms with Crippen molar-refractivity contribution in [1.29, 1.82) is 0 Å². The van der Waals surface area contributed by atoms with Crippen molar-refractivity contribution in [1.82, 2.24) is 10.3 Å².